The van der Waals surface area contributed by atoms with Crippen LogP contribution in [-0.2, 0) is 4.74 Å². The summed E-state index contributed by atoms with van der Waals surface area (Å²) in [6, 6.07) is 11.4. The molecule has 0 unspecified atom stereocenters. The van der Waals surface area contributed by atoms with Crippen LogP contribution in [0.3, 0.4) is 0 Å². The number of aromatic carboxylic acids is 3. The minimum absolute atomic E-state index is 0.00481. The van der Waals surface area contributed by atoms with Gasteiger partial charge in [0.25, 0.3) is 23.6 Å². The Balaban J connectivity index is 0.000000148. The summed E-state index contributed by atoms with van der Waals surface area (Å²) < 4.78 is 4.30. The molecule has 0 radical (unpaired) electrons. The summed E-state index contributed by atoms with van der Waals surface area (Å²) in [5, 5.41) is 28.1. The van der Waals surface area contributed by atoms with Gasteiger partial charge in [-0.05, 0) is 54.6 Å². The third kappa shape index (κ3) is 5.58. The van der Waals surface area contributed by atoms with Gasteiger partial charge in [-0.15, -0.1) is 0 Å². The highest BCUT2D eigenvalue weighted by Gasteiger charge is 2.33. The molecule has 6 rings (SSSR count). The number of hydrogen-bond acceptors (Lipinski definition) is 10. The lowest BCUT2D eigenvalue weighted by atomic mass is 10.1. The van der Waals surface area contributed by atoms with Crippen molar-refractivity contribution >= 4 is 53.5 Å². The molecule has 4 amide bonds. The minimum atomic E-state index is -1.15. The maximum atomic E-state index is 11.5. The third-order valence-electron chi connectivity index (χ3n) is 6.21. The van der Waals surface area contributed by atoms with Crippen LogP contribution >= 0.6 is 0 Å². The van der Waals surface area contributed by atoms with Gasteiger partial charge in [0.2, 0.25) is 0 Å². The van der Waals surface area contributed by atoms with E-state index in [9.17, 15) is 43.2 Å². The molecule has 0 saturated heterocycles. The summed E-state index contributed by atoms with van der Waals surface area (Å²) in [7, 11) is 1.37. The van der Waals surface area contributed by atoms with E-state index in [-0.39, 0.29) is 50.1 Å². The quantitative estimate of drug-likeness (QED) is 0.193. The Morgan fingerprint density at radius 2 is 0.953 bits per heavy atom. The number of rotatable bonds is 3. The van der Waals surface area contributed by atoms with Gasteiger partial charge in [0.05, 0.1) is 50.1 Å². The monoisotopic (exact) mass is 588 g/mol. The van der Waals surface area contributed by atoms with Crippen molar-refractivity contribution in [3.63, 3.8) is 0 Å². The smallest absolute Gasteiger partial charge is 0.346 e. The summed E-state index contributed by atoms with van der Waals surface area (Å²) in [5.41, 5.74) is 0.828. The van der Waals surface area contributed by atoms with E-state index in [2.05, 4.69) is 10.1 Å². The van der Waals surface area contributed by atoms with Crippen molar-refractivity contribution < 1.29 is 63.2 Å². The highest BCUT2D eigenvalue weighted by atomic mass is 16.6. The molecule has 0 bridgehead atoms. The van der Waals surface area contributed by atoms with Gasteiger partial charge in [-0.25, -0.2) is 24.0 Å². The molecule has 43 heavy (non-hydrogen) atoms. The fourth-order valence-electron chi connectivity index (χ4n) is 4.01. The Morgan fingerprint density at radius 3 is 1.49 bits per heavy atom. The molecular formula is C28H16N2O13. The lowest BCUT2D eigenvalue weighted by molar-refractivity contribution is 0.0440. The first-order chi connectivity index (χ1) is 20.2. The topological polar surface area (TPSA) is 239 Å². The molecule has 3 aliphatic heterocycles. The van der Waals surface area contributed by atoms with Gasteiger partial charge >= 0.3 is 29.8 Å². The van der Waals surface area contributed by atoms with E-state index in [1.54, 1.807) is 0 Å². The molecule has 15 heteroatoms. The number of carbonyl (C=O) groups is 9. The molecule has 0 spiro atoms. The first-order valence-electron chi connectivity index (χ1n) is 11.8. The van der Waals surface area contributed by atoms with Crippen LogP contribution in [0.4, 0.5) is 0 Å². The molecular weight excluding hydrogens is 572 g/mol. The van der Waals surface area contributed by atoms with E-state index in [1.165, 1.54) is 55.6 Å². The zero-order valence-electron chi connectivity index (χ0n) is 21.6. The third-order valence-corrected chi connectivity index (χ3v) is 6.21. The predicted molar refractivity (Wildman–Crippen MR) is 138 cm³/mol. The number of fused-ring (bicyclic) bond motifs is 3. The number of nitrogens with zero attached hydrogens (tertiary/aromatic N) is 1. The fraction of sp³-hybridized carbons (Fsp3) is 0.0357. The number of carboxylic acid groups (broad SMARTS) is 3. The van der Waals surface area contributed by atoms with Crippen LogP contribution in [0.1, 0.15) is 93.2 Å². The maximum absolute atomic E-state index is 11.5. The Morgan fingerprint density at radius 1 is 0.558 bits per heavy atom. The summed E-state index contributed by atoms with van der Waals surface area (Å²) in [6.07, 6.45) is 0. The molecule has 0 saturated carbocycles. The van der Waals surface area contributed by atoms with Crippen molar-refractivity contribution in [3.05, 3.63) is 105 Å². The second-order valence-electron chi connectivity index (χ2n) is 8.83. The van der Waals surface area contributed by atoms with E-state index in [0.717, 1.165) is 11.0 Å². The first-order valence-corrected chi connectivity index (χ1v) is 11.8. The summed E-state index contributed by atoms with van der Waals surface area (Å²) in [5.74, 6) is -6.82. The molecule has 216 valence electrons. The van der Waals surface area contributed by atoms with Crippen molar-refractivity contribution in [2.24, 2.45) is 0 Å². The number of cyclic esters (lactones) is 2. The average molecular weight is 588 g/mol. The van der Waals surface area contributed by atoms with E-state index in [4.69, 9.17) is 15.3 Å². The molecule has 0 atom stereocenters. The van der Waals surface area contributed by atoms with Crippen LogP contribution in [0.15, 0.2) is 54.6 Å². The zero-order chi connectivity index (χ0) is 31.7. The average Bonchev–Trinajstić information content (AvgIpc) is 3.51. The number of amides is 4. The Hall–Kier alpha value is -6.51. The number of nitrogens with one attached hydrogen (secondary N) is 1. The van der Waals surface area contributed by atoms with Crippen molar-refractivity contribution in [2.75, 3.05) is 7.05 Å². The van der Waals surface area contributed by atoms with Crippen molar-refractivity contribution in [3.8, 4) is 0 Å². The van der Waals surface area contributed by atoms with Crippen LogP contribution in [0, 0.1) is 0 Å². The van der Waals surface area contributed by atoms with Gasteiger partial charge in [0.15, 0.2) is 0 Å². The Labute approximate surface area is 238 Å². The van der Waals surface area contributed by atoms with Crippen LogP contribution in [0.5, 0.6) is 0 Å². The Kier molecular flexibility index (Phi) is 7.65. The van der Waals surface area contributed by atoms with E-state index in [1.807, 2.05) is 0 Å². The summed E-state index contributed by atoms with van der Waals surface area (Å²) in [4.78, 5) is 99.9. The highest BCUT2D eigenvalue weighted by Crippen LogP contribution is 2.23. The summed E-state index contributed by atoms with van der Waals surface area (Å²) >= 11 is 0. The summed E-state index contributed by atoms with van der Waals surface area (Å²) in [6.45, 7) is 0. The number of carbonyl (C=O) groups excluding carboxylic acids is 6. The Bertz CT molecular complexity index is 1750. The number of carboxylic acids is 3. The second kappa shape index (κ2) is 11.2. The fourth-order valence-corrected chi connectivity index (χ4v) is 4.01. The predicted octanol–water partition coefficient (Wildman–Crippen LogP) is 1.57. The van der Waals surface area contributed by atoms with E-state index >= 15 is 0 Å². The van der Waals surface area contributed by atoms with Gasteiger partial charge in [-0.1, -0.05) is 0 Å². The molecule has 3 aromatic rings. The normalized spacial score (nSPS) is 13.9. The van der Waals surface area contributed by atoms with Crippen LogP contribution in [-0.4, -0.2) is 80.7 Å². The van der Waals surface area contributed by atoms with Gasteiger partial charge in [0, 0.05) is 7.05 Å². The van der Waals surface area contributed by atoms with Gasteiger partial charge in [0.1, 0.15) is 0 Å². The van der Waals surface area contributed by atoms with Gasteiger partial charge in [-0.3, -0.25) is 29.4 Å². The second-order valence-corrected chi connectivity index (χ2v) is 8.83. The molecule has 0 fully saturated rings. The molecule has 3 aliphatic rings. The lowest BCUT2D eigenvalue weighted by Crippen LogP contribution is -2.24. The van der Waals surface area contributed by atoms with Crippen LogP contribution < -0.4 is 5.32 Å². The lowest BCUT2D eigenvalue weighted by Gasteiger charge is -2.02. The molecule has 0 aromatic heterocycles. The van der Waals surface area contributed by atoms with E-state index in [0.29, 0.717) is 0 Å². The minimum Gasteiger partial charge on any atom is -0.478 e. The maximum Gasteiger partial charge on any atom is 0.346 e. The SMILES string of the molecule is CN1C(=O)c2ccc(C(=O)O)cc2C1=O.O=C(O)c1ccc2c(c1)C(=O)NC2=O.O=C(O)c1ccc2c(c1)C(=O)OC2=O. The number of ether oxygens (including phenoxy) is 1. The standard InChI is InChI=1S/C10H7NO4.C9H5NO4.C9H4O5/c1-11-8(12)6-3-2-5(10(14)15)4-7(6)9(11)13;11-7-5-2-1-4(9(13)14)3-6(5)8(12)10-7;10-7(11)4-1-2-5-6(3-4)9(13)14-8(5)12/h2-4H,1H3,(H,14,15);1-3H,(H,13,14)(H,10,11,12);1-3H,(H,10,11). The van der Waals surface area contributed by atoms with Gasteiger partial charge in [-0.2, -0.15) is 0 Å². The van der Waals surface area contributed by atoms with Crippen LogP contribution in [0.2, 0.25) is 0 Å². The van der Waals surface area contributed by atoms with Crippen molar-refractivity contribution in [1.29, 1.82) is 0 Å². The number of benzene rings is 3. The number of imide groups is 2. The zero-order valence-corrected chi connectivity index (χ0v) is 21.6. The molecule has 15 nitrogen and oxygen atoms in total. The molecule has 0 aliphatic carbocycles. The number of hydrogen-bond donors (Lipinski definition) is 4. The largest absolute Gasteiger partial charge is 0.478 e. The first kappa shape index (κ1) is 29.5. The van der Waals surface area contributed by atoms with Crippen LogP contribution in [0.25, 0.3) is 0 Å². The highest BCUT2D eigenvalue weighted by molar-refractivity contribution is 6.22. The number of esters is 2. The van der Waals surface area contributed by atoms with Gasteiger partial charge < -0.3 is 20.1 Å². The molecule has 4 N–H and O–H groups in total. The molecule has 3 heterocycles. The van der Waals surface area contributed by atoms with Crippen molar-refractivity contribution in [1.82, 2.24) is 10.2 Å². The van der Waals surface area contributed by atoms with Crippen molar-refractivity contribution in [2.45, 2.75) is 0 Å². The molecule has 3 aromatic carbocycles. The van der Waals surface area contributed by atoms with E-state index < -0.39 is 53.5 Å².